The van der Waals surface area contributed by atoms with Gasteiger partial charge >= 0.3 is 0 Å². The average Bonchev–Trinajstić information content (AvgIpc) is 3.20. The Labute approximate surface area is 165 Å². The van der Waals surface area contributed by atoms with E-state index in [9.17, 15) is 5.11 Å². The Morgan fingerprint density at radius 1 is 1.29 bits per heavy atom. The Morgan fingerprint density at radius 2 is 2.04 bits per heavy atom. The molecule has 150 valence electrons. The van der Waals surface area contributed by atoms with Crippen LogP contribution in [0.5, 0.6) is 0 Å². The summed E-state index contributed by atoms with van der Waals surface area (Å²) >= 11 is 0. The molecule has 0 aliphatic rings. The molecule has 0 aliphatic carbocycles. The summed E-state index contributed by atoms with van der Waals surface area (Å²) in [6, 6.07) is 4.40. The molecule has 0 radical (unpaired) electrons. The first kappa shape index (κ1) is 19.9. The van der Waals surface area contributed by atoms with Gasteiger partial charge in [-0.2, -0.15) is 5.10 Å². The van der Waals surface area contributed by atoms with Crippen molar-refractivity contribution in [1.29, 1.82) is 0 Å². The molecule has 2 heterocycles. The molecule has 3 aromatic rings. The molecule has 0 fully saturated rings. The zero-order valence-corrected chi connectivity index (χ0v) is 17.5. The molecule has 3 rings (SSSR count). The Kier molecular flexibility index (Phi) is 5.47. The molecular weight excluding hydrogens is 352 g/mol. The van der Waals surface area contributed by atoms with Gasteiger partial charge in [0, 0.05) is 43.5 Å². The molecule has 2 aromatic heterocycles. The van der Waals surface area contributed by atoms with Gasteiger partial charge in [0.25, 0.3) is 0 Å². The van der Waals surface area contributed by atoms with Gasteiger partial charge in [-0.25, -0.2) is 0 Å². The molecule has 1 unspecified atom stereocenters. The van der Waals surface area contributed by atoms with Crippen LogP contribution in [0, 0.1) is 20.8 Å². The third-order valence-corrected chi connectivity index (χ3v) is 5.24. The van der Waals surface area contributed by atoms with E-state index in [1.807, 2.05) is 13.2 Å². The Balaban J connectivity index is 1.69. The second kappa shape index (κ2) is 7.67. The topological polar surface area (TPSA) is 90.3 Å². The second-order valence-electron chi connectivity index (χ2n) is 7.68. The summed E-state index contributed by atoms with van der Waals surface area (Å²) in [5.74, 6) is 0.638. The molecule has 0 amide bonds. The van der Waals surface area contributed by atoms with Gasteiger partial charge in [0.05, 0.1) is 18.3 Å². The Bertz CT molecular complexity index is 1010. The number of aliphatic imine (C=N–C) groups is 1. The van der Waals surface area contributed by atoms with Gasteiger partial charge in [-0.15, -0.1) is 0 Å². The van der Waals surface area contributed by atoms with Gasteiger partial charge in [0.2, 0.25) is 0 Å². The zero-order chi connectivity index (χ0) is 20.5. The number of H-pyrrole nitrogens is 1. The van der Waals surface area contributed by atoms with E-state index in [0.29, 0.717) is 19.0 Å². The predicted molar refractivity (Wildman–Crippen MR) is 113 cm³/mol. The highest BCUT2D eigenvalue weighted by molar-refractivity contribution is 5.88. The van der Waals surface area contributed by atoms with Crippen molar-refractivity contribution in [3.63, 3.8) is 0 Å². The highest BCUT2D eigenvalue weighted by atomic mass is 16.3. The van der Waals surface area contributed by atoms with Gasteiger partial charge < -0.3 is 20.7 Å². The lowest BCUT2D eigenvalue weighted by Gasteiger charge is -2.23. The van der Waals surface area contributed by atoms with Crippen LogP contribution in [0.3, 0.4) is 0 Å². The monoisotopic (exact) mass is 382 g/mol. The van der Waals surface area contributed by atoms with E-state index < -0.39 is 5.60 Å². The van der Waals surface area contributed by atoms with Gasteiger partial charge in [0.1, 0.15) is 5.60 Å². The van der Waals surface area contributed by atoms with Crippen molar-refractivity contribution >= 4 is 16.9 Å². The summed E-state index contributed by atoms with van der Waals surface area (Å²) in [5, 5.41) is 22.7. The van der Waals surface area contributed by atoms with Crippen molar-refractivity contribution in [3.05, 3.63) is 52.5 Å². The molecular formula is C21H30N6O. The number of fused-ring (bicyclic) bond motifs is 1. The maximum atomic E-state index is 10.7. The molecule has 0 spiro atoms. The van der Waals surface area contributed by atoms with Crippen LogP contribution in [0.4, 0.5) is 0 Å². The first-order valence-electron chi connectivity index (χ1n) is 9.45. The van der Waals surface area contributed by atoms with E-state index in [1.54, 1.807) is 24.9 Å². The molecule has 7 heteroatoms. The van der Waals surface area contributed by atoms with Crippen LogP contribution in [0.15, 0.2) is 29.5 Å². The molecule has 0 aliphatic heterocycles. The highest BCUT2D eigenvalue weighted by Gasteiger charge is 2.25. The van der Waals surface area contributed by atoms with E-state index in [-0.39, 0.29) is 0 Å². The molecule has 28 heavy (non-hydrogen) atoms. The van der Waals surface area contributed by atoms with Crippen molar-refractivity contribution < 1.29 is 5.11 Å². The maximum absolute atomic E-state index is 10.7. The summed E-state index contributed by atoms with van der Waals surface area (Å²) in [7, 11) is 3.56. The lowest BCUT2D eigenvalue weighted by atomic mass is 10.00. The summed E-state index contributed by atoms with van der Waals surface area (Å²) in [4.78, 5) is 7.78. The number of aryl methyl sites for hydroxylation is 4. The molecule has 7 nitrogen and oxygen atoms in total. The first-order valence-corrected chi connectivity index (χ1v) is 9.45. The number of benzene rings is 1. The first-order chi connectivity index (χ1) is 13.2. The number of rotatable bonds is 5. The Hall–Kier alpha value is -2.80. The number of guanidine groups is 1. The van der Waals surface area contributed by atoms with Crippen LogP contribution in [0.1, 0.15) is 34.9 Å². The number of hydrogen-bond acceptors (Lipinski definition) is 3. The molecule has 0 bridgehead atoms. The fourth-order valence-corrected chi connectivity index (χ4v) is 3.38. The van der Waals surface area contributed by atoms with Crippen LogP contribution in [-0.4, -0.2) is 39.4 Å². The van der Waals surface area contributed by atoms with Crippen molar-refractivity contribution in [2.75, 3.05) is 13.6 Å². The third kappa shape index (κ3) is 4.04. The van der Waals surface area contributed by atoms with E-state index >= 15 is 0 Å². The number of aromatic amines is 1. The number of nitrogens with zero attached hydrogens (tertiary/aromatic N) is 3. The molecule has 4 N–H and O–H groups in total. The van der Waals surface area contributed by atoms with Gasteiger partial charge in [-0.05, 0) is 44.9 Å². The SMILES string of the molecule is CN=C(NCc1cc(C)cc2c(C)c(C)[nH]c12)NCC(C)(O)c1cnn(C)c1. The summed E-state index contributed by atoms with van der Waals surface area (Å²) in [6.45, 7) is 9.07. The highest BCUT2D eigenvalue weighted by Crippen LogP contribution is 2.26. The van der Waals surface area contributed by atoms with Crippen molar-refractivity contribution in [2.24, 2.45) is 12.0 Å². The normalized spacial score (nSPS) is 14.3. The maximum Gasteiger partial charge on any atom is 0.191 e. The number of aliphatic hydroxyl groups is 1. The van der Waals surface area contributed by atoms with Gasteiger partial charge in [-0.1, -0.05) is 11.6 Å². The van der Waals surface area contributed by atoms with E-state index in [1.165, 1.54) is 27.8 Å². The number of nitrogens with one attached hydrogen (secondary N) is 3. The minimum absolute atomic E-state index is 0.322. The summed E-state index contributed by atoms with van der Waals surface area (Å²) < 4.78 is 1.68. The minimum Gasteiger partial charge on any atom is -0.383 e. The van der Waals surface area contributed by atoms with E-state index in [2.05, 4.69) is 58.6 Å². The van der Waals surface area contributed by atoms with Crippen LogP contribution >= 0.6 is 0 Å². The number of hydrogen-bond donors (Lipinski definition) is 4. The lowest BCUT2D eigenvalue weighted by Crippen LogP contribution is -2.44. The van der Waals surface area contributed by atoms with Crippen molar-refractivity contribution in [1.82, 2.24) is 25.4 Å². The van der Waals surface area contributed by atoms with Gasteiger partial charge in [-0.3, -0.25) is 9.67 Å². The quantitative estimate of drug-likeness (QED) is 0.403. The average molecular weight is 383 g/mol. The fraction of sp³-hybridized carbons (Fsp3) is 0.429. The van der Waals surface area contributed by atoms with Crippen LogP contribution in [-0.2, 0) is 19.2 Å². The van der Waals surface area contributed by atoms with Crippen molar-refractivity contribution in [3.8, 4) is 0 Å². The standard InChI is InChI=1S/C21H30N6O/c1-13-7-16(19-18(8-13)14(2)15(3)26-19)9-23-20(22-5)24-12-21(4,28)17-10-25-27(6)11-17/h7-8,10-11,26,28H,9,12H2,1-6H3,(H2,22,23,24). The number of aromatic nitrogens is 3. The summed E-state index contributed by atoms with van der Waals surface area (Å²) in [6.07, 6.45) is 3.49. The minimum atomic E-state index is -1.05. The fourth-order valence-electron chi connectivity index (χ4n) is 3.38. The van der Waals surface area contributed by atoms with Crippen LogP contribution in [0.2, 0.25) is 0 Å². The summed E-state index contributed by atoms with van der Waals surface area (Å²) in [5.41, 5.74) is 5.77. The van der Waals surface area contributed by atoms with Crippen LogP contribution < -0.4 is 10.6 Å². The van der Waals surface area contributed by atoms with Crippen LogP contribution in [0.25, 0.3) is 10.9 Å². The van der Waals surface area contributed by atoms with E-state index in [4.69, 9.17) is 0 Å². The molecule has 0 saturated carbocycles. The molecule has 0 saturated heterocycles. The Morgan fingerprint density at radius 3 is 2.68 bits per heavy atom. The smallest absolute Gasteiger partial charge is 0.191 e. The molecule has 1 atom stereocenters. The van der Waals surface area contributed by atoms with E-state index in [0.717, 1.165) is 11.1 Å². The molecule has 1 aromatic carbocycles. The lowest BCUT2D eigenvalue weighted by molar-refractivity contribution is 0.0616. The largest absolute Gasteiger partial charge is 0.383 e. The predicted octanol–water partition coefficient (Wildman–Crippen LogP) is 2.40. The third-order valence-electron chi connectivity index (χ3n) is 5.24. The second-order valence-corrected chi connectivity index (χ2v) is 7.68. The van der Waals surface area contributed by atoms with Gasteiger partial charge in [0.15, 0.2) is 5.96 Å². The van der Waals surface area contributed by atoms with Crippen molar-refractivity contribution in [2.45, 2.75) is 39.8 Å². The zero-order valence-electron chi connectivity index (χ0n) is 17.5.